The average molecular weight is 353 g/mol. The Hall–Kier alpha value is -1.71. The minimum atomic E-state index is -3.91. The van der Waals surface area contributed by atoms with Gasteiger partial charge in [-0.1, -0.05) is 16.8 Å². The Morgan fingerprint density at radius 2 is 2.09 bits per heavy atom. The molecule has 120 valence electrons. The summed E-state index contributed by atoms with van der Waals surface area (Å²) in [6.45, 7) is -1.48. The Bertz CT molecular complexity index is 738. The quantitative estimate of drug-likeness (QED) is 0.864. The van der Waals surface area contributed by atoms with Gasteiger partial charge in [-0.25, -0.2) is 13.1 Å². The van der Waals surface area contributed by atoms with Crippen molar-refractivity contribution in [2.45, 2.75) is 24.5 Å². The highest BCUT2D eigenvalue weighted by molar-refractivity contribution is 7.89. The molecular weight excluding hydrogens is 342 g/mol. The van der Waals surface area contributed by atoms with Crippen LogP contribution in [0.4, 0.5) is 8.78 Å². The molecule has 0 bridgehead atoms. The Morgan fingerprint density at radius 1 is 1.36 bits per heavy atom. The number of aromatic nitrogens is 1. The monoisotopic (exact) mass is 352 g/mol. The third-order valence-corrected chi connectivity index (χ3v) is 4.50. The number of ether oxygens (including phenoxy) is 1. The fraction of sp³-hybridized carbons (Fsp3) is 0.250. The summed E-state index contributed by atoms with van der Waals surface area (Å²) < 4.78 is 59.8. The molecular formula is C12H11ClF2N2O4S. The minimum absolute atomic E-state index is 0.186. The second kappa shape index (κ2) is 6.59. The molecule has 0 saturated carbocycles. The van der Waals surface area contributed by atoms with E-state index in [1.54, 1.807) is 6.92 Å². The lowest BCUT2D eigenvalue weighted by atomic mass is 10.3. The molecule has 1 atom stereocenters. The fourth-order valence-electron chi connectivity index (χ4n) is 1.65. The lowest BCUT2D eigenvalue weighted by molar-refractivity contribution is -0.0498. The number of nitrogens with one attached hydrogen (secondary N) is 1. The standard InChI is InChI=1S/C12H11ClF2N2O4S/c1-7(10-4-5-20-16-10)17-22(18,19)8-2-3-11(9(13)6-8)21-12(14)15/h2-7,12,17H,1H3. The zero-order valence-corrected chi connectivity index (χ0v) is 12.7. The highest BCUT2D eigenvalue weighted by Gasteiger charge is 2.21. The van der Waals surface area contributed by atoms with E-state index in [-0.39, 0.29) is 15.7 Å². The van der Waals surface area contributed by atoms with Gasteiger partial charge in [-0.05, 0) is 25.1 Å². The van der Waals surface area contributed by atoms with Crippen molar-refractivity contribution >= 4 is 21.6 Å². The normalized spacial score (nSPS) is 13.3. The van der Waals surface area contributed by atoms with Crippen LogP contribution in [-0.4, -0.2) is 20.2 Å². The van der Waals surface area contributed by atoms with Crippen LogP contribution in [-0.2, 0) is 10.0 Å². The number of hydrogen-bond acceptors (Lipinski definition) is 5. The summed E-state index contributed by atoms with van der Waals surface area (Å²) in [5.74, 6) is -0.305. The molecule has 2 rings (SSSR count). The van der Waals surface area contributed by atoms with Gasteiger partial charge in [-0.3, -0.25) is 0 Å². The molecule has 2 aromatic rings. The Balaban J connectivity index is 2.21. The van der Waals surface area contributed by atoms with Crippen molar-refractivity contribution in [3.8, 4) is 5.75 Å². The van der Waals surface area contributed by atoms with Gasteiger partial charge < -0.3 is 9.26 Å². The molecule has 0 aliphatic heterocycles. The predicted octanol–water partition coefficient (Wildman–Crippen LogP) is 2.97. The molecule has 1 heterocycles. The van der Waals surface area contributed by atoms with Crippen molar-refractivity contribution in [1.82, 2.24) is 9.88 Å². The van der Waals surface area contributed by atoms with Crippen molar-refractivity contribution in [1.29, 1.82) is 0 Å². The summed E-state index contributed by atoms with van der Waals surface area (Å²) in [7, 11) is -3.91. The van der Waals surface area contributed by atoms with Crippen LogP contribution in [0.15, 0.2) is 39.9 Å². The van der Waals surface area contributed by atoms with E-state index in [0.717, 1.165) is 18.2 Å². The largest absolute Gasteiger partial charge is 0.433 e. The third-order valence-electron chi connectivity index (χ3n) is 2.66. The first-order chi connectivity index (χ1) is 10.3. The molecule has 0 radical (unpaired) electrons. The van der Waals surface area contributed by atoms with Gasteiger partial charge in [0.1, 0.15) is 17.7 Å². The van der Waals surface area contributed by atoms with E-state index >= 15 is 0 Å². The lowest BCUT2D eigenvalue weighted by Crippen LogP contribution is -2.27. The van der Waals surface area contributed by atoms with Crippen LogP contribution in [0.1, 0.15) is 18.7 Å². The van der Waals surface area contributed by atoms with Crippen LogP contribution >= 0.6 is 11.6 Å². The summed E-state index contributed by atoms with van der Waals surface area (Å²) in [4.78, 5) is -0.186. The molecule has 0 amide bonds. The second-order valence-electron chi connectivity index (χ2n) is 4.24. The van der Waals surface area contributed by atoms with Crippen molar-refractivity contribution < 1.29 is 26.5 Å². The van der Waals surface area contributed by atoms with Crippen LogP contribution in [0.3, 0.4) is 0 Å². The van der Waals surface area contributed by atoms with Crippen molar-refractivity contribution in [2.24, 2.45) is 0 Å². The van der Waals surface area contributed by atoms with Crippen LogP contribution in [0.2, 0.25) is 5.02 Å². The number of sulfonamides is 1. The lowest BCUT2D eigenvalue weighted by Gasteiger charge is -2.13. The van der Waals surface area contributed by atoms with Gasteiger partial charge in [0.25, 0.3) is 0 Å². The number of benzene rings is 1. The van der Waals surface area contributed by atoms with E-state index in [9.17, 15) is 17.2 Å². The maximum absolute atomic E-state index is 12.2. The third kappa shape index (κ3) is 3.93. The van der Waals surface area contributed by atoms with Gasteiger partial charge >= 0.3 is 6.61 Å². The minimum Gasteiger partial charge on any atom is -0.433 e. The summed E-state index contributed by atoms with van der Waals surface area (Å²) in [6.07, 6.45) is 1.31. The smallest absolute Gasteiger partial charge is 0.387 e. The number of alkyl halides is 2. The number of halogens is 3. The SMILES string of the molecule is CC(NS(=O)(=O)c1ccc(OC(F)F)c(Cl)c1)c1ccon1. The first-order valence-corrected chi connectivity index (χ1v) is 7.82. The van der Waals surface area contributed by atoms with Gasteiger partial charge in [0.2, 0.25) is 10.0 Å². The van der Waals surface area contributed by atoms with Gasteiger partial charge in [0.15, 0.2) is 0 Å². The zero-order chi connectivity index (χ0) is 16.3. The summed E-state index contributed by atoms with van der Waals surface area (Å²) in [6, 6.07) is 4.07. The van der Waals surface area contributed by atoms with E-state index in [2.05, 4.69) is 19.1 Å². The van der Waals surface area contributed by atoms with Gasteiger partial charge in [-0.15, -0.1) is 0 Å². The molecule has 1 unspecified atom stereocenters. The van der Waals surface area contributed by atoms with Crippen LogP contribution in [0, 0.1) is 0 Å². The highest BCUT2D eigenvalue weighted by atomic mass is 35.5. The molecule has 0 saturated heterocycles. The van der Waals surface area contributed by atoms with Crippen molar-refractivity contribution in [3.63, 3.8) is 0 Å². The van der Waals surface area contributed by atoms with Gasteiger partial charge in [0, 0.05) is 6.07 Å². The van der Waals surface area contributed by atoms with E-state index in [0.29, 0.717) is 5.69 Å². The molecule has 0 spiro atoms. The van der Waals surface area contributed by atoms with Crippen LogP contribution in [0.5, 0.6) is 5.75 Å². The molecule has 1 aromatic carbocycles. The molecule has 1 N–H and O–H groups in total. The van der Waals surface area contributed by atoms with E-state index in [1.807, 2.05) is 0 Å². The van der Waals surface area contributed by atoms with E-state index in [4.69, 9.17) is 11.6 Å². The Morgan fingerprint density at radius 3 is 2.64 bits per heavy atom. The van der Waals surface area contributed by atoms with Crippen molar-refractivity contribution in [3.05, 3.63) is 41.2 Å². The second-order valence-corrected chi connectivity index (χ2v) is 6.36. The van der Waals surface area contributed by atoms with E-state index < -0.39 is 22.7 Å². The number of hydrogen-bond donors (Lipinski definition) is 1. The molecule has 0 fully saturated rings. The van der Waals surface area contributed by atoms with Crippen molar-refractivity contribution in [2.75, 3.05) is 0 Å². The fourth-order valence-corrected chi connectivity index (χ4v) is 3.18. The summed E-state index contributed by atoms with van der Waals surface area (Å²) in [5, 5.41) is 3.39. The summed E-state index contributed by atoms with van der Waals surface area (Å²) in [5.41, 5.74) is 0.396. The average Bonchev–Trinajstić information content (AvgIpc) is 2.94. The molecule has 1 aromatic heterocycles. The Kier molecular flexibility index (Phi) is 4.99. The number of nitrogens with zero attached hydrogens (tertiary/aromatic N) is 1. The zero-order valence-electron chi connectivity index (χ0n) is 11.2. The summed E-state index contributed by atoms with van der Waals surface area (Å²) >= 11 is 5.74. The maximum atomic E-state index is 12.2. The maximum Gasteiger partial charge on any atom is 0.387 e. The van der Waals surface area contributed by atoms with Crippen LogP contribution < -0.4 is 9.46 Å². The van der Waals surface area contributed by atoms with Crippen LogP contribution in [0.25, 0.3) is 0 Å². The first kappa shape index (κ1) is 16.7. The predicted molar refractivity (Wildman–Crippen MR) is 73.3 cm³/mol. The highest BCUT2D eigenvalue weighted by Crippen LogP contribution is 2.29. The van der Waals surface area contributed by atoms with Gasteiger partial charge in [0.05, 0.1) is 16.0 Å². The molecule has 22 heavy (non-hydrogen) atoms. The Labute approximate surface area is 130 Å². The molecule has 10 heteroatoms. The first-order valence-electron chi connectivity index (χ1n) is 5.96. The number of rotatable bonds is 6. The van der Waals surface area contributed by atoms with Gasteiger partial charge in [-0.2, -0.15) is 8.78 Å². The topological polar surface area (TPSA) is 81.4 Å². The molecule has 0 aliphatic rings. The van der Waals surface area contributed by atoms with E-state index in [1.165, 1.54) is 12.3 Å². The molecule has 0 aliphatic carbocycles. The molecule has 6 nitrogen and oxygen atoms in total.